The summed E-state index contributed by atoms with van der Waals surface area (Å²) >= 11 is 13.0. The number of imide groups is 1. The van der Waals surface area contributed by atoms with Gasteiger partial charge in [0.05, 0.1) is 5.69 Å². The molecular weight excluding hydrogens is 340 g/mol. The van der Waals surface area contributed by atoms with Crippen molar-refractivity contribution in [3.63, 3.8) is 0 Å². The number of amides is 3. The summed E-state index contributed by atoms with van der Waals surface area (Å²) in [6, 6.07) is 6.00. The van der Waals surface area contributed by atoms with E-state index < -0.39 is 17.9 Å². The van der Waals surface area contributed by atoms with Crippen LogP contribution in [-0.4, -0.2) is 16.8 Å². The lowest BCUT2D eigenvalue weighted by molar-refractivity contribution is -0.117. The number of thiocarbonyl (C=S) groups is 1. The molecule has 7 heteroatoms. The van der Waals surface area contributed by atoms with Crippen LogP contribution >= 0.6 is 35.2 Å². The van der Waals surface area contributed by atoms with Crippen LogP contribution in [0.5, 0.6) is 0 Å². The third-order valence-electron chi connectivity index (χ3n) is 3.46. The average molecular weight is 351 g/mol. The monoisotopic (exact) mass is 350 g/mol. The third kappa shape index (κ3) is 2.33. The molecule has 0 fully saturated rings. The predicted octanol–water partition coefficient (Wildman–Crippen LogP) is 3.64. The maximum Gasteiger partial charge on any atom is 0.326 e. The van der Waals surface area contributed by atoms with Crippen LogP contribution in [0.4, 0.5) is 10.5 Å². The molecule has 3 rings (SSSR count). The van der Waals surface area contributed by atoms with Gasteiger partial charge in [0, 0.05) is 14.8 Å². The van der Waals surface area contributed by atoms with E-state index in [0.29, 0.717) is 21.1 Å². The number of aryl methyl sites for hydroxylation is 1. The summed E-state index contributed by atoms with van der Waals surface area (Å²) < 4.78 is 0. The molecule has 1 atom stereocenters. The predicted molar refractivity (Wildman–Crippen MR) is 92.0 cm³/mol. The van der Waals surface area contributed by atoms with E-state index in [4.69, 9.17) is 29.6 Å². The standard InChI is InChI=1S/C15H11ClN2O2S2/c1-7-4-11(22-6-7)13(21)12-9-5-8(16)2-3-10(9)18(14(12)19)15(17)20/h2-6,12H,1H3,(H2,17,20). The van der Waals surface area contributed by atoms with E-state index in [0.717, 1.165) is 15.3 Å². The second-order valence-corrected chi connectivity index (χ2v) is 6.79. The molecule has 1 aliphatic heterocycles. The molecule has 0 bridgehead atoms. The van der Waals surface area contributed by atoms with E-state index in [2.05, 4.69) is 0 Å². The van der Waals surface area contributed by atoms with Crippen molar-refractivity contribution in [1.29, 1.82) is 0 Å². The van der Waals surface area contributed by atoms with Crippen LogP contribution < -0.4 is 10.6 Å². The number of carbonyl (C=O) groups excluding carboxylic acids is 2. The highest BCUT2D eigenvalue weighted by atomic mass is 35.5. The zero-order valence-electron chi connectivity index (χ0n) is 11.5. The van der Waals surface area contributed by atoms with E-state index >= 15 is 0 Å². The van der Waals surface area contributed by atoms with Crippen molar-refractivity contribution < 1.29 is 9.59 Å². The van der Waals surface area contributed by atoms with Gasteiger partial charge in [0.15, 0.2) is 0 Å². The molecule has 1 aromatic carbocycles. The molecule has 0 spiro atoms. The van der Waals surface area contributed by atoms with Crippen molar-refractivity contribution in [3.05, 3.63) is 50.7 Å². The number of hydrogen-bond donors (Lipinski definition) is 1. The summed E-state index contributed by atoms with van der Waals surface area (Å²) in [5.41, 5.74) is 7.48. The maximum atomic E-state index is 12.6. The van der Waals surface area contributed by atoms with Gasteiger partial charge in [-0.2, -0.15) is 0 Å². The van der Waals surface area contributed by atoms with Crippen LogP contribution in [0.1, 0.15) is 21.9 Å². The lowest BCUT2D eigenvalue weighted by atomic mass is 9.96. The molecule has 22 heavy (non-hydrogen) atoms. The highest BCUT2D eigenvalue weighted by Gasteiger charge is 2.42. The van der Waals surface area contributed by atoms with E-state index in [-0.39, 0.29) is 0 Å². The Hall–Kier alpha value is -1.76. The third-order valence-corrected chi connectivity index (χ3v) is 5.37. The first-order valence-corrected chi connectivity index (χ1v) is 8.09. The van der Waals surface area contributed by atoms with Gasteiger partial charge in [0.2, 0.25) is 5.91 Å². The Morgan fingerprint density at radius 1 is 1.41 bits per heavy atom. The minimum atomic E-state index is -0.818. The summed E-state index contributed by atoms with van der Waals surface area (Å²) in [6.07, 6.45) is 0. The van der Waals surface area contributed by atoms with Gasteiger partial charge in [-0.15, -0.1) is 11.3 Å². The van der Waals surface area contributed by atoms with Crippen LogP contribution in [0.25, 0.3) is 0 Å². The lowest BCUT2D eigenvalue weighted by Gasteiger charge is -2.12. The topological polar surface area (TPSA) is 63.4 Å². The van der Waals surface area contributed by atoms with Crippen molar-refractivity contribution >= 4 is 57.6 Å². The number of rotatable bonds is 2. The van der Waals surface area contributed by atoms with Crippen LogP contribution in [0.15, 0.2) is 29.6 Å². The molecule has 1 aromatic heterocycles. The molecule has 1 aliphatic rings. The normalized spacial score (nSPS) is 16.7. The van der Waals surface area contributed by atoms with Crippen molar-refractivity contribution in [1.82, 2.24) is 0 Å². The van der Waals surface area contributed by atoms with E-state index in [1.54, 1.807) is 18.2 Å². The zero-order chi connectivity index (χ0) is 16.0. The first-order valence-electron chi connectivity index (χ1n) is 6.42. The van der Waals surface area contributed by atoms with Gasteiger partial charge in [0.25, 0.3) is 0 Å². The molecule has 0 saturated heterocycles. The number of fused-ring (bicyclic) bond motifs is 1. The molecule has 2 aromatic rings. The van der Waals surface area contributed by atoms with Gasteiger partial charge in [0.1, 0.15) is 5.92 Å². The number of hydrogen-bond acceptors (Lipinski definition) is 4. The Morgan fingerprint density at radius 3 is 2.73 bits per heavy atom. The van der Waals surface area contributed by atoms with Gasteiger partial charge in [-0.1, -0.05) is 23.8 Å². The highest BCUT2D eigenvalue weighted by Crippen LogP contribution is 2.41. The Balaban J connectivity index is 2.12. The van der Waals surface area contributed by atoms with E-state index in [1.807, 2.05) is 18.4 Å². The molecule has 3 amide bonds. The maximum absolute atomic E-state index is 12.6. The van der Waals surface area contributed by atoms with Crippen molar-refractivity contribution in [3.8, 4) is 0 Å². The summed E-state index contributed by atoms with van der Waals surface area (Å²) in [7, 11) is 0. The fourth-order valence-electron chi connectivity index (χ4n) is 2.52. The first kappa shape index (κ1) is 15.1. The fraction of sp³-hybridized carbons (Fsp3) is 0.133. The minimum Gasteiger partial charge on any atom is -0.351 e. The van der Waals surface area contributed by atoms with E-state index in [1.165, 1.54) is 11.3 Å². The molecule has 2 heterocycles. The van der Waals surface area contributed by atoms with Gasteiger partial charge >= 0.3 is 6.03 Å². The molecule has 0 saturated carbocycles. The number of halogens is 1. The van der Waals surface area contributed by atoms with Crippen molar-refractivity contribution in [2.45, 2.75) is 12.8 Å². The number of benzene rings is 1. The smallest absolute Gasteiger partial charge is 0.326 e. The Bertz CT molecular complexity index is 816. The average Bonchev–Trinajstić information content (AvgIpc) is 2.98. The molecule has 112 valence electrons. The summed E-state index contributed by atoms with van der Waals surface area (Å²) in [5.74, 6) is -1.14. The van der Waals surface area contributed by atoms with Gasteiger partial charge in [-0.25, -0.2) is 9.69 Å². The molecule has 1 unspecified atom stereocenters. The lowest BCUT2D eigenvalue weighted by Crippen LogP contribution is -2.40. The number of thiophene rings is 1. The number of nitrogens with zero attached hydrogens (tertiary/aromatic N) is 1. The number of primary amides is 1. The molecule has 0 radical (unpaired) electrons. The van der Waals surface area contributed by atoms with Crippen molar-refractivity contribution in [2.75, 3.05) is 4.90 Å². The number of carbonyl (C=O) groups is 2. The van der Waals surface area contributed by atoms with Crippen LogP contribution in [0.3, 0.4) is 0 Å². The summed E-state index contributed by atoms with van der Waals surface area (Å²) in [6.45, 7) is 1.96. The SMILES string of the molecule is Cc1csc(C(=S)C2C(=O)N(C(N)=O)c3ccc(Cl)cc32)c1. The quantitative estimate of drug-likeness (QED) is 0.664. The van der Waals surface area contributed by atoms with Crippen LogP contribution in [0, 0.1) is 6.92 Å². The zero-order valence-corrected chi connectivity index (χ0v) is 13.9. The second-order valence-electron chi connectivity index (χ2n) is 5.00. The Morgan fingerprint density at radius 2 is 2.14 bits per heavy atom. The van der Waals surface area contributed by atoms with Gasteiger partial charge < -0.3 is 5.73 Å². The minimum absolute atomic E-state index is 0.430. The summed E-state index contributed by atoms with van der Waals surface area (Å²) in [4.78, 5) is 26.5. The molecule has 0 aliphatic carbocycles. The van der Waals surface area contributed by atoms with Gasteiger partial charge in [-0.3, -0.25) is 4.79 Å². The first-order chi connectivity index (χ1) is 10.4. The Labute approximate surface area is 141 Å². The molecule has 2 N–H and O–H groups in total. The van der Waals surface area contributed by atoms with Gasteiger partial charge in [-0.05, 0) is 47.7 Å². The van der Waals surface area contributed by atoms with Crippen molar-refractivity contribution in [2.24, 2.45) is 5.73 Å². The molecule has 4 nitrogen and oxygen atoms in total. The second kappa shape index (κ2) is 5.46. The largest absolute Gasteiger partial charge is 0.351 e. The van der Waals surface area contributed by atoms with Crippen LogP contribution in [0.2, 0.25) is 5.02 Å². The highest BCUT2D eigenvalue weighted by molar-refractivity contribution is 7.81. The number of anilines is 1. The number of nitrogens with two attached hydrogens (primary N) is 1. The van der Waals surface area contributed by atoms with Crippen LogP contribution in [-0.2, 0) is 4.79 Å². The summed E-state index contributed by atoms with van der Waals surface area (Å²) in [5, 5.41) is 2.44. The Kier molecular flexibility index (Phi) is 3.76. The van der Waals surface area contributed by atoms with E-state index in [9.17, 15) is 9.59 Å². The fourth-order valence-corrected chi connectivity index (χ4v) is 4.00. The number of urea groups is 1. The molecular formula is C15H11ClN2O2S2.